The van der Waals surface area contributed by atoms with Gasteiger partial charge in [0.15, 0.2) is 5.76 Å². The fourth-order valence-electron chi connectivity index (χ4n) is 1.51. The predicted molar refractivity (Wildman–Crippen MR) is 65.3 cm³/mol. The van der Waals surface area contributed by atoms with Crippen molar-refractivity contribution in [3.05, 3.63) is 24.2 Å². The molecule has 0 aliphatic rings. The Balaban J connectivity index is 1.64. The number of rotatable bonds is 4. The van der Waals surface area contributed by atoms with Gasteiger partial charge in [-0.25, -0.2) is 0 Å². The van der Waals surface area contributed by atoms with Gasteiger partial charge in [0.1, 0.15) is 12.4 Å². The zero-order valence-corrected chi connectivity index (χ0v) is 10.4. The highest BCUT2D eigenvalue weighted by atomic mass is 16.3. The summed E-state index contributed by atoms with van der Waals surface area (Å²) in [5, 5.41) is 20.5. The van der Waals surface area contributed by atoms with Crippen molar-refractivity contribution in [3.8, 4) is 11.6 Å². The first-order chi connectivity index (χ1) is 9.70. The number of nitrogens with one attached hydrogen (secondary N) is 2. The maximum absolute atomic E-state index is 11.7. The number of amides is 1. The summed E-state index contributed by atoms with van der Waals surface area (Å²) in [6.07, 6.45) is 1.51. The smallest absolute Gasteiger partial charge is 0.250 e. The molecular weight excluding hydrogens is 264 g/mol. The Labute approximate surface area is 112 Å². The molecule has 2 N–H and O–H groups in total. The summed E-state index contributed by atoms with van der Waals surface area (Å²) in [4.78, 5) is 16.8. The molecule has 0 unspecified atom stereocenters. The van der Waals surface area contributed by atoms with Crippen LogP contribution in [0.5, 0.6) is 0 Å². The minimum absolute atomic E-state index is 0.0959. The van der Waals surface area contributed by atoms with E-state index in [-0.39, 0.29) is 18.4 Å². The Bertz CT molecular complexity index is 713. The molecule has 10 nitrogen and oxygen atoms in total. The van der Waals surface area contributed by atoms with Gasteiger partial charge in [-0.15, -0.1) is 15.3 Å². The Morgan fingerprint density at radius 1 is 1.55 bits per heavy atom. The number of carbonyl (C=O) groups is 1. The minimum atomic E-state index is -0.354. The third-order valence-corrected chi connectivity index (χ3v) is 2.33. The zero-order chi connectivity index (χ0) is 13.9. The highest BCUT2D eigenvalue weighted by Crippen LogP contribution is 2.12. The summed E-state index contributed by atoms with van der Waals surface area (Å²) in [7, 11) is 0. The Hall–Kier alpha value is -3.04. The topological polar surface area (TPSA) is 127 Å². The Morgan fingerprint density at radius 3 is 3.15 bits per heavy atom. The van der Waals surface area contributed by atoms with Crippen LogP contribution >= 0.6 is 0 Å². The van der Waals surface area contributed by atoms with Crippen LogP contribution in [0.2, 0.25) is 0 Å². The molecule has 0 aromatic carbocycles. The number of hydrogen-bond acceptors (Lipinski definition) is 7. The fourth-order valence-corrected chi connectivity index (χ4v) is 1.51. The number of furan rings is 1. The van der Waals surface area contributed by atoms with Gasteiger partial charge >= 0.3 is 0 Å². The molecule has 0 spiro atoms. The van der Waals surface area contributed by atoms with E-state index in [1.807, 2.05) is 0 Å². The molecule has 3 aromatic rings. The van der Waals surface area contributed by atoms with Gasteiger partial charge in [-0.05, 0) is 24.3 Å². The first-order valence-electron chi connectivity index (χ1n) is 5.71. The maximum atomic E-state index is 11.7. The van der Waals surface area contributed by atoms with Gasteiger partial charge in [0.25, 0.3) is 0 Å². The molecule has 102 valence electrons. The molecule has 0 atom stereocenters. The number of anilines is 1. The first-order valence-corrected chi connectivity index (χ1v) is 5.71. The molecule has 0 fully saturated rings. The fraction of sp³-hybridized carbons (Fsp3) is 0.200. The van der Waals surface area contributed by atoms with Gasteiger partial charge in [0.05, 0.1) is 6.26 Å². The van der Waals surface area contributed by atoms with Crippen molar-refractivity contribution >= 4 is 11.9 Å². The lowest BCUT2D eigenvalue weighted by Crippen LogP contribution is -2.21. The molecule has 0 aliphatic carbocycles. The van der Waals surface area contributed by atoms with Crippen LogP contribution in [0.1, 0.15) is 5.82 Å². The molecule has 10 heteroatoms. The van der Waals surface area contributed by atoms with E-state index < -0.39 is 0 Å². The molecular formula is C10H10N8O2. The van der Waals surface area contributed by atoms with Crippen LogP contribution in [-0.4, -0.2) is 41.3 Å². The lowest BCUT2D eigenvalue weighted by Gasteiger charge is -1.98. The van der Waals surface area contributed by atoms with Crippen molar-refractivity contribution < 1.29 is 9.21 Å². The van der Waals surface area contributed by atoms with Crippen molar-refractivity contribution in [2.24, 2.45) is 0 Å². The second-order valence-corrected chi connectivity index (χ2v) is 3.91. The van der Waals surface area contributed by atoms with Gasteiger partial charge in [-0.1, -0.05) is 0 Å². The van der Waals surface area contributed by atoms with Crippen molar-refractivity contribution in [1.82, 2.24) is 35.4 Å². The summed E-state index contributed by atoms with van der Waals surface area (Å²) in [5.41, 5.74) is 0. The van der Waals surface area contributed by atoms with Crippen LogP contribution < -0.4 is 5.32 Å². The van der Waals surface area contributed by atoms with E-state index in [0.717, 1.165) is 4.80 Å². The highest BCUT2D eigenvalue weighted by Gasteiger charge is 2.12. The summed E-state index contributed by atoms with van der Waals surface area (Å²) in [6.45, 7) is 1.64. The number of nitrogens with zero attached hydrogens (tertiary/aromatic N) is 6. The number of tetrazole rings is 1. The Kier molecular flexibility index (Phi) is 2.95. The second kappa shape index (κ2) is 4.91. The average Bonchev–Trinajstić information content (AvgIpc) is 3.10. The summed E-state index contributed by atoms with van der Waals surface area (Å²) in [6, 6.07) is 3.42. The average molecular weight is 274 g/mol. The van der Waals surface area contributed by atoms with E-state index in [0.29, 0.717) is 17.4 Å². The van der Waals surface area contributed by atoms with Gasteiger partial charge < -0.3 is 4.42 Å². The SMILES string of the molecule is Cc1nc(NC(=O)Cn2nnc(-c3ccco3)n2)n[nH]1. The third kappa shape index (κ3) is 2.53. The van der Waals surface area contributed by atoms with Crippen LogP contribution in [0.25, 0.3) is 11.6 Å². The van der Waals surface area contributed by atoms with Crippen LogP contribution in [0.3, 0.4) is 0 Å². The molecule has 0 saturated heterocycles. The van der Waals surface area contributed by atoms with E-state index in [4.69, 9.17) is 4.42 Å². The van der Waals surface area contributed by atoms with E-state index in [1.54, 1.807) is 19.1 Å². The summed E-state index contributed by atoms with van der Waals surface area (Å²) in [5.74, 6) is 1.27. The number of aryl methyl sites for hydroxylation is 1. The van der Waals surface area contributed by atoms with Gasteiger partial charge in [0.2, 0.25) is 17.7 Å². The van der Waals surface area contributed by atoms with Crippen molar-refractivity contribution in [1.29, 1.82) is 0 Å². The quantitative estimate of drug-likeness (QED) is 0.685. The lowest BCUT2D eigenvalue weighted by atomic mass is 10.4. The normalized spacial score (nSPS) is 10.7. The molecule has 0 saturated carbocycles. The van der Waals surface area contributed by atoms with Gasteiger partial charge in [0, 0.05) is 0 Å². The number of carbonyl (C=O) groups excluding carboxylic acids is 1. The van der Waals surface area contributed by atoms with Crippen molar-refractivity contribution in [2.75, 3.05) is 5.32 Å². The molecule has 0 aliphatic heterocycles. The lowest BCUT2D eigenvalue weighted by molar-refractivity contribution is -0.117. The molecule has 20 heavy (non-hydrogen) atoms. The predicted octanol–water partition coefficient (Wildman–Crippen LogP) is -0.00168. The summed E-state index contributed by atoms with van der Waals surface area (Å²) >= 11 is 0. The number of aromatic amines is 1. The van der Waals surface area contributed by atoms with E-state index >= 15 is 0 Å². The molecule has 3 rings (SSSR count). The molecule has 1 amide bonds. The standard InChI is InChI=1S/C10H10N8O2/c1-6-11-10(15-13-6)12-8(19)5-18-16-9(14-17-18)7-3-2-4-20-7/h2-4H,5H2,1H3,(H2,11,12,13,15,19). The number of H-pyrrole nitrogens is 1. The van der Waals surface area contributed by atoms with Crippen LogP contribution in [-0.2, 0) is 11.3 Å². The van der Waals surface area contributed by atoms with Crippen LogP contribution in [0.4, 0.5) is 5.95 Å². The van der Waals surface area contributed by atoms with E-state index in [1.165, 1.54) is 6.26 Å². The molecule has 0 radical (unpaired) electrons. The summed E-state index contributed by atoms with van der Waals surface area (Å²) < 4.78 is 5.13. The molecule has 3 heterocycles. The monoisotopic (exact) mass is 274 g/mol. The minimum Gasteiger partial charge on any atom is -0.461 e. The van der Waals surface area contributed by atoms with Crippen molar-refractivity contribution in [2.45, 2.75) is 13.5 Å². The number of aromatic nitrogens is 7. The number of hydrogen-bond donors (Lipinski definition) is 2. The van der Waals surface area contributed by atoms with Crippen LogP contribution in [0.15, 0.2) is 22.8 Å². The van der Waals surface area contributed by atoms with Crippen LogP contribution in [0, 0.1) is 6.92 Å². The van der Waals surface area contributed by atoms with Gasteiger partial charge in [-0.3, -0.25) is 15.2 Å². The zero-order valence-electron chi connectivity index (χ0n) is 10.4. The molecule has 0 bridgehead atoms. The van der Waals surface area contributed by atoms with Gasteiger partial charge in [-0.2, -0.15) is 9.78 Å². The third-order valence-electron chi connectivity index (χ3n) is 2.33. The Morgan fingerprint density at radius 2 is 2.45 bits per heavy atom. The second-order valence-electron chi connectivity index (χ2n) is 3.91. The first kappa shape index (κ1) is 12.0. The van der Waals surface area contributed by atoms with E-state index in [9.17, 15) is 4.79 Å². The van der Waals surface area contributed by atoms with E-state index in [2.05, 4.69) is 35.9 Å². The highest BCUT2D eigenvalue weighted by molar-refractivity contribution is 5.88. The largest absolute Gasteiger partial charge is 0.461 e. The maximum Gasteiger partial charge on any atom is 0.250 e. The van der Waals surface area contributed by atoms with Crippen molar-refractivity contribution in [3.63, 3.8) is 0 Å². The molecule has 3 aromatic heterocycles.